The van der Waals surface area contributed by atoms with Gasteiger partial charge >= 0.3 is 5.76 Å². The van der Waals surface area contributed by atoms with E-state index in [4.69, 9.17) is 5.26 Å². The first-order valence-corrected chi connectivity index (χ1v) is 8.15. The molecular formula is C14H16F2N2O3S. The van der Waals surface area contributed by atoms with Crippen molar-refractivity contribution in [2.24, 2.45) is 0 Å². The fourth-order valence-electron chi connectivity index (χ4n) is 1.79. The molecule has 1 atom stereocenters. The average Bonchev–Trinajstić information content (AvgIpc) is 2.47. The van der Waals surface area contributed by atoms with Gasteiger partial charge in [0, 0.05) is 0 Å². The number of rotatable bonds is 7. The van der Waals surface area contributed by atoms with E-state index in [-0.39, 0.29) is 12.3 Å². The number of alkyl halides is 2. The highest BCUT2D eigenvalue weighted by Crippen LogP contribution is 2.18. The maximum absolute atomic E-state index is 12.4. The molecule has 1 aromatic carbocycles. The second-order valence-electron chi connectivity index (χ2n) is 4.66. The molecule has 120 valence electrons. The average molecular weight is 330 g/mol. The third kappa shape index (κ3) is 4.77. The molecule has 0 aliphatic heterocycles. The van der Waals surface area contributed by atoms with E-state index < -0.39 is 26.5 Å². The summed E-state index contributed by atoms with van der Waals surface area (Å²) in [5.74, 6) is -3.86. The van der Waals surface area contributed by atoms with E-state index in [2.05, 4.69) is 5.32 Å². The number of carbonyl (C=O) groups is 1. The van der Waals surface area contributed by atoms with E-state index >= 15 is 0 Å². The molecule has 0 radical (unpaired) electrons. The maximum atomic E-state index is 12.4. The molecular weight excluding hydrogens is 314 g/mol. The minimum Gasteiger partial charge on any atom is -0.340 e. The molecule has 0 unspecified atom stereocenters. The van der Waals surface area contributed by atoms with E-state index in [1.54, 1.807) is 0 Å². The highest BCUT2D eigenvalue weighted by molar-refractivity contribution is 7.91. The fourth-order valence-corrected chi connectivity index (χ4v) is 2.51. The molecule has 0 spiro atoms. The number of halogens is 2. The number of carbonyl (C=O) groups excluding carboxylic acids is 1. The molecule has 1 aromatic rings. The molecule has 22 heavy (non-hydrogen) atoms. The van der Waals surface area contributed by atoms with Crippen molar-refractivity contribution in [2.75, 3.05) is 0 Å². The standard InChI is InChI=1S/C14H16F2N2O3S/c1-2-3-11(9-17)18-13(19)8-10-4-6-12(7-5-10)22(20,21)14(15)16/h4-7,11,14H,2-3,8H2,1H3,(H,18,19)/t11-/m1/s1. The minimum absolute atomic E-state index is 0.0586. The third-order valence-electron chi connectivity index (χ3n) is 2.92. The molecule has 0 fully saturated rings. The molecule has 0 aliphatic carbocycles. The number of hydrogen-bond acceptors (Lipinski definition) is 4. The molecule has 1 rings (SSSR count). The summed E-state index contributed by atoms with van der Waals surface area (Å²) in [5, 5.41) is 11.4. The van der Waals surface area contributed by atoms with Crippen molar-refractivity contribution in [3.63, 3.8) is 0 Å². The van der Waals surface area contributed by atoms with Crippen LogP contribution in [0.3, 0.4) is 0 Å². The SMILES string of the molecule is CCC[C@H](C#N)NC(=O)Cc1ccc(S(=O)(=O)C(F)F)cc1. The Labute approximate surface area is 127 Å². The summed E-state index contributed by atoms with van der Waals surface area (Å²) in [5.41, 5.74) is 0.471. The van der Waals surface area contributed by atoms with E-state index in [1.807, 2.05) is 13.0 Å². The van der Waals surface area contributed by atoms with E-state index in [9.17, 15) is 22.0 Å². The van der Waals surface area contributed by atoms with Crippen LogP contribution in [0.2, 0.25) is 0 Å². The predicted octanol–water partition coefficient (Wildman–Crippen LogP) is 2.03. The molecule has 5 nitrogen and oxygen atoms in total. The second kappa shape index (κ2) is 7.84. The fraction of sp³-hybridized carbons (Fsp3) is 0.429. The minimum atomic E-state index is -4.63. The summed E-state index contributed by atoms with van der Waals surface area (Å²) >= 11 is 0. The van der Waals surface area contributed by atoms with Crippen LogP contribution >= 0.6 is 0 Å². The zero-order chi connectivity index (χ0) is 16.8. The van der Waals surface area contributed by atoms with Crippen molar-refractivity contribution >= 4 is 15.7 Å². The molecule has 0 heterocycles. The molecule has 8 heteroatoms. The zero-order valence-electron chi connectivity index (χ0n) is 11.9. The number of amides is 1. The predicted molar refractivity (Wildman–Crippen MR) is 75.8 cm³/mol. The molecule has 0 aromatic heterocycles. The summed E-state index contributed by atoms with van der Waals surface area (Å²) in [6, 6.07) is 6.08. The van der Waals surface area contributed by atoms with E-state index in [0.29, 0.717) is 12.0 Å². The lowest BCUT2D eigenvalue weighted by atomic mass is 10.1. The van der Waals surface area contributed by atoms with E-state index in [1.165, 1.54) is 12.1 Å². The number of nitrogens with one attached hydrogen (secondary N) is 1. The van der Waals surface area contributed by atoms with Gasteiger partial charge < -0.3 is 5.32 Å². The second-order valence-corrected chi connectivity index (χ2v) is 6.58. The molecule has 1 N–H and O–H groups in total. The number of sulfone groups is 1. The van der Waals surface area contributed by atoms with Crippen LogP contribution in [-0.4, -0.2) is 26.1 Å². The Bertz CT molecular complexity index is 652. The van der Waals surface area contributed by atoms with Gasteiger partial charge in [-0.05, 0) is 24.1 Å². The van der Waals surface area contributed by atoms with Crippen LogP contribution in [0, 0.1) is 11.3 Å². The first kappa shape index (κ1) is 18.0. The number of hydrogen-bond donors (Lipinski definition) is 1. The lowest BCUT2D eigenvalue weighted by Crippen LogP contribution is -2.34. The van der Waals surface area contributed by atoms with Crippen LogP contribution in [0.15, 0.2) is 29.2 Å². The highest BCUT2D eigenvalue weighted by atomic mass is 32.2. The Morgan fingerprint density at radius 1 is 1.32 bits per heavy atom. The van der Waals surface area contributed by atoms with Gasteiger partial charge in [-0.2, -0.15) is 14.0 Å². The Morgan fingerprint density at radius 3 is 2.36 bits per heavy atom. The summed E-state index contributed by atoms with van der Waals surface area (Å²) in [7, 11) is -4.63. The van der Waals surface area contributed by atoms with E-state index in [0.717, 1.165) is 18.6 Å². The van der Waals surface area contributed by atoms with Crippen molar-refractivity contribution in [3.8, 4) is 6.07 Å². The van der Waals surface area contributed by atoms with Crippen LogP contribution in [-0.2, 0) is 21.1 Å². The summed E-state index contributed by atoms with van der Waals surface area (Å²) in [6.07, 6.45) is 1.23. The Kier molecular flexibility index (Phi) is 6.43. The highest BCUT2D eigenvalue weighted by Gasteiger charge is 2.26. The van der Waals surface area contributed by atoms with Crippen LogP contribution in [0.1, 0.15) is 25.3 Å². The van der Waals surface area contributed by atoms with Crippen LogP contribution < -0.4 is 5.32 Å². The number of nitriles is 1. The van der Waals surface area contributed by atoms with Gasteiger partial charge in [-0.15, -0.1) is 0 Å². The monoisotopic (exact) mass is 330 g/mol. The summed E-state index contributed by atoms with van der Waals surface area (Å²) in [6.45, 7) is 1.89. The first-order valence-electron chi connectivity index (χ1n) is 6.61. The van der Waals surface area contributed by atoms with Crippen molar-refractivity contribution in [3.05, 3.63) is 29.8 Å². The van der Waals surface area contributed by atoms with Crippen LogP contribution in [0.25, 0.3) is 0 Å². The Morgan fingerprint density at radius 2 is 1.91 bits per heavy atom. The Balaban J connectivity index is 2.73. The van der Waals surface area contributed by atoms with Gasteiger partial charge in [0.05, 0.1) is 17.4 Å². The van der Waals surface area contributed by atoms with Crippen molar-refractivity contribution in [1.29, 1.82) is 5.26 Å². The summed E-state index contributed by atoms with van der Waals surface area (Å²) < 4.78 is 47.3. The van der Waals surface area contributed by atoms with Gasteiger partial charge in [0.25, 0.3) is 0 Å². The zero-order valence-corrected chi connectivity index (χ0v) is 12.7. The smallest absolute Gasteiger partial charge is 0.340 e. The third-order valence-corrected chi connectivity index (χ3v) is 4.32. The number of nitrogens with zero attached hydrogens (tertiary/aromatic N) is 1. The van der Waals surface area contributed by atoms with Crippen molar-refractivity contribution < 1.29 is 22.0 Å². The quantitative estimate of drug-likeness (QED) is 0.829. The molecule has 0 saturated carbocycles. The van der Waals surface area contributed by atoms with Crippen LogP contribution in [0.4, 0.5) is 8.78 Å². The topological polar surface area (TPSA) is 87.0 Å². The molecule has 0 bridgehead atoms. The molecule has 0 saturated heterocycles. The number of benzene rings is 1. The maximum Gasteiger partial charge on any atom is 0.341 e. The van der Waals surface area contributed by atoms with Gasteiger partial charge in [-0.3, -0.25) is 4.79 Å². The Hall–Kier alpha value is -2.01. The lowest BCUT2D eigenvalue weighted by molar-refractivity contribution is -0.120. The lowest BCUT2D eigenvalue weighted by Gasteiger charge is -2.10. The summed E-state index contributed by atoms with van der Waals surface area (Å²) in [4.78, 5) is 11.3. The van der Waals surface area contributed by atoms with Gasteiger partial charge in [0.15, 0.2) is 0 Å². The van der Waals surface area contributed by atoms with Crippen LogP contribution in [0.5, 0.6) is 0 Å². The molecule has 1 amide bonds. The normalized spacial score (nSPS) is 12.7. The van der Waals surface area contributed by atoms with Gasteiger partial charge in [-0.1, -0.05) is 25.5 Å². The van der Waals surface area contributed by atoms with Crippen molar-refractivity contribution in [2.45, 2.75) is 42.9 Å². The van der Waals surface area contributed by atoms with Gasteiger partial charge in [-0.25, -0.2) is 8.42 Å². The molecule has 0 aliphatic rings. The first-order chi connectivity index (χ1) is 10.3. The largest absolute Gasteiger partial charge is 0.341 e. The van der Waals surface area contributed by atoms with Gasteiger partial charge in [0.2, 0.25) is 15.7 Å². The van der Waals surface area contributed by atoms with Crippen molar-refractivity contribution in [1.82, 2.24) is 5.32 Å². The van der Waals surface area contributed by atoms with Gasteiger partial charge in [0.1, 0.15) is 6.04 Å².